The third-order valence-corrected chi connectivity index (χ3v) is 4.08. The first-order valence-electron chi connectivity index (χ1n) is 5.93. The molecule has 0 atom stereocenters. The molecule has 5 heteroatoms. The molecule has 2 rings (SSSR count). The number of ketones is 1. The van der Waals surface area contributed by atoms with E-state index in [4.69, 9.17) is 0 Å². The summed E-state index contributed by atoms with van der Waals surface area (Å²) in [6, 6.07) is 9.36. The van der Waals surface area contributed by atoms with Crippen molar-refractivity contribution in [2.24, 2.45) is 0 Å². The van der Waals surface area contributed by atoms with Crippen molar-refractivity contribution in [3.05, 3.63) is 52.9 Å². The summed E-state index contributed by atoms with van der Waals surface area (Å²) in [5, 5.41) is 0.950. The molecule has 0 aliphatic carbocycles. The summed E-state index contributed by atoms with van der Waals surface area (Å²) in [4.78, 5) is 19.9. The third kappa shape index (κ3) is 4.76. The highest BCUT2D eigenvalue weighted by Crippen LogP contribution is 2.17. The topological polar surface area (TPSA) is 42.9 Å². The van der Waals surface area contributed by atoms with Crippen LogP contribution in [0.15, 0.2) is 52.4 Å². The van der Waals surface area contributed by atoms with Gasteiger partial charge in [0.25, 0.3) is 0 Å². The Bertz CT molecular complexity index is 531. The lowest BCUT2D eigenvalue weighted by Crippen LogP contribution is -1.99. The van der Waals surface area contributed by atoms with Gasteiger partial charge >= 0.3 is 0 Å². The lowest BCUT2D eigenvalue weighted by molar-refractivity contribution is 0.0982. The zero-order valence-electron chi connectivity index (χ0n) is 10.3. The molecule has 1 aromatic heterocycles. The first kappa shape index (κ1) is 14.2. The Morgan fingerprint density at radius 1 is 1.21 bits per heavy atom. The van der Waals surface area contributed by atoms with E-state index in [1.54, 1.807) is 18.0 Å². The van der Waals surface area contributed by atoms with Gasteiger partial charge in [-0.05, 0) is 30.4 Å². The van der Waals surface area contributed by atoms with Gasteiger partial charge in [-0.3, -0.25) is 4.79 Å². The van der Waals surface area contributed by atoms with E-state index in [9.17, 15) is 4.79 Å². The molecule has 0 unspecified atom stereocenters. The van der Waals surface area contributed by atoms with Gasteiger partial charge in [-0.1, -0.05) is 28.1 Å². The molecule has 3 nitrogen and oxygen atoms in total. The lowest BCUT2D eigenvalue weighted by Gasteiger charge is -2.02. The predicted octanol–water partition coefficient (Wildman–Crippen LogP) is 3.99. The van der Waals surface area contributed by atoms with Crippen LogP contribution < -0.4 is 0 Å². The summed E-state index contributed by atoms with van der Waals surface area (Å²) in [5.74, 6) is 1.08. The molecule has 98 valence electrons. The number of hydrogen-bond donors (Lipinski definition) is 0. The summed E-state index contributed by atoms with van der Waals surface area (Å²) in [5.41, 5.74) is 0.773. The smallest absolute Gasteiger partial charge is 0.162 e. The number of carbonyl (C=O) groups excluding carboxylic acids is 1. The van der Waals surface area contributed by atoms with Gasteiger partial charge in [0.1, 0.15) is 6.33 Å². The number of rotatable bonds is 6. The predicted molar refractivity (Wildman–Crippen MR) is 80.5 cm³/mol. The maximum absolute atomic E-state index is 11.9. The van der Waals surface area contributed by atoms with Gasteiger partial charge in [-0.25, -0.2) is 9.97 Å². The molecule has 0 saturated heterocycles. The number of hydrogen-bond acceptors (Lipinski definition) is 4. The number of carbonyl (C=O) groups is 1. The van der Waals surface area contributed by atoms with Crippen LogP contribution in [0.3, 0.4) is 0 Å². The van der Waals surface area contributed by atoms with Gasteiger partial charge in [0, 0.05) is 22.7 Å². The zero-order valence-corrected chi connectivity index (χ0v) is 12.7. The minimum absolute atomic E-state index is 0.191. The van der Waals surface area contributed by atoms with Crippen LogP contribution in [-0.2, 0) is 0 Å². The van der Waals surface area contributed by atoms with E-state index in [-0.39, 0.29) is 5.78 Å². The van der Waals surface area contributed by atoms with Crippen molar-refractivity contribution in [1.82, 2.24) is 9.97 Å². The van der Waals surface area contributed by atoms with Gasteiger partial charge in [0.2, 0.25) is 0 Å². The van der Waals surface area contributed by atoms with Crippen molar-refractivity contribution in [3.8, 4) is 0 Å². The molecule has 0 radical (unpaired) electrons. The maximum atomic E-state index is 11.9. The average molecular weight is 337 g/mol. The van der Waals surface area contributed by atoms with Gasteiger partial charge < -0.3 is 0 Å². The normalized spacial score (nSPS) is 10.4. The molecule has 1 aromatic carbocycles. The van der Waals surface area contributed by atoms with E-state index in [2.05, 4.69) is 25.9 Å². The quantitative estimate of drug-likeness (QED) is 0.346. The summed E-state index contributed by atoms with van der Waals surface area (Å²) >= 11 is 5.01. The minimum Gasteiger partial charge on any atom is -0.294 e. The Morgan fingerprint density at radius 3 is 2.68 bits per heavy atom. The van der Waals surface area contributed by atoms with Crippen LogP contribution in [-0.4, -0.2) is 21.5 Å². The van der Waals surface area contributed by atoms with E-state index in [1.807, 2.05) is 30.3 Å². The van der Waals surface area contributed by atoms with Crippen LogP contribution in [0.25, 0.3) is 0 Å². The summed E-state index contributed by atoms with van der Waals surface area (Å²) in [6.07, 6.45) is 4.68. The molecule has 1 heterocycles. The highest BCUT2D eigenvalue weighted by molar-refractivity contribution is 9.10. The van der Waals surface area contributed by atoms with Crippen LogP contribution in [0.4, 0.5) is 0 Å². The minimum atomic E-state index is 0.191. The third-order valence-electron chi connectivity index (χ3n) is 2.52. The van der Waals surface area contributed by atoms with Crippen LogP contribution in [0, 0.1) is 0 Å². The molecule has 2 aromatic rings. The molecule has 19 heavy (non-hydrogen) atoms. The largest absolute Gasteiger partial charge is 0.294 e. The van der Waals surface area contributed by atoms with E-state index in [0.717, 1.165) is 27.2 Å². The first-order valence-corrected chi connectivity index (χ1v) is 7.71. The van der Waals surface area contributed by atoms with Gasteiger partial charge in [0.15, 0.2) is 5.78 Å². The summed E-state index contributed by atoms with van der Waals surface area (Å²) in [6.45, 7) is 0. The number of aromatic nitrogens is 2. The SMILES string of the molecule is O=C(CCCSc1ccncn1)c1ccc(Br)cc1. The Morgan fingerprint density at radius 2 is 2.00 bits per heavy atom. The zero-order chi connectivity index (χ0) is 13.5. The highest BCUT2D eigenvalue weighted by Gasteiger charge is 2.05. The van der Waals surface area contributed by atoms with Crippen molar-refractivity contribution in [1.29, 1.82) is 0 Å². The van der Waals surface area contributed by atoms with Crippen LogP contribution in [0.5, 0.6) is 0 Å². The molecule has 0 N–H and O–H groups in total. The lowest BCUT2D eigenvalue weighted by atomic mass is 10.1. The second-order valence-electron chi connectivity index (χ2n) is 3.93. The number of Topliss-reactive ketones (excluding diaryl/α,β-unsaturated/α-hetero) is 1. The Kier molecular flexibility index (Phi) is 5.54. The maximum Gasteiger partial charge on any atom is 0.162 e. The van der Waals surface area contributed by atoms with Crippen LogP contribution in [0.1, 0.15) is 23.2 Å². The molecule has 0 aliphatic heterocycles. The van der Waals surface area contributed by atoms with Gasteiger partial charge in [-0.15, -0.1) is 11.8 Å². The molecule has 0 aliphatic rings. The fourth-order valence-corrected chi connectivity index (χ4v) is 2.59. The molecule has 0 saturated carbocycles. The molecular weight excluding hydrogens is 324 g/mol. The molecular formula is C14H13BrN2OS. The fourth-order valence-electron chi connectivity index (χ4n) is 1.55. The van der Waals surface area contributed by atoms with E-state index in [0.29, 0.717) is 6.42 Å². The standard InChI is InChI=1S/C14H13BrN2OS/c15-12-5-3-11(4-6-12)13(18)2-1-9-19-14-7-8-16-10-17-14/h3-8,10H,1-2,9H2. The summed E-state index contributed by atoms with van der Waals surface area (Å²) < 4.78 is 0.989. The van der Waals surface area contributed by atoms with Crippen molar-refractivity contribution in [2.75, 3.05) is 5.75 Å². The van der Waals surface area contributed by atoms with E-state index in [1.165, 1.54) is 6.33 Å². The molecule has 0 amide bonds. The van der Waals surface area contributed by atoms with E-state index >= 15 is 0 Å². The van der Waals surface area contributed by atoms with Crippen molar-refractivity contribution in [3.63, 3.8) is 0 Å². The Balaban J connectivity index is 1.74. The second kappa shape index (κ2) is 7.40. The Hall–Kier alpha value is -1.20. The van der Waals surface area contributed by atoms with Gasteiger partial charge in [-0.2, -0.15) is 0 Å². The molecule has 0 spiro atoms. The Labute approximate surface area is 125 Å². The van der Waals surface area contributed by atoms with Crippen molar-refractivity contribution >= 4 is 33.5 Å². The number of benzene rings is 1. The highest BCUT2D eigenvalue weighted by atomic mass is 79.9. The first-order chi connectivity index (χ1) is 9.25. The number of thioether (sulfide) groups is 1. The van der Waals surface area contributed by atoms with Crippen LogP contribution in [0.2, 0.25) is 0 Å². The van der Waals surface area contributed by atoms with Crippen molar-refractivity contribution in [2.45, 2.75) is 17.9 Å². The van der Waals surface area contributed by atoms with Gasteiger partial charge in [0.05, 0.1) is 5.03 Å². The fraction of sp³-hybridized carbons (Fsp3) is 0.214. The number of halogens is 1. The summed E-state index contributed by atoms with van der Waals surface area (Å²) in [7, 11) is 0. The van der Waals surface area contributed by atoms with Crippen LogP contribution >= 0.6 is 27.7 Å². The second-order valence-corrected chi connectivity index (χ2v) is 5.96. The van der Waals surface area contributed by atoms with Crippen molar-refractivity contribution < 1.29 is 4.79 Å². The number of nitrogens with zero attached hydrogens (tertiary/aromatic N) is 2. The monoisotopic (exact) mass is 336 g/mol. The average Bonchev–Trinajstić information content (AvgIpc) is 2.45. The molecule has 0 fully saturated rings. The van der Waals surface area contributed by atoms with E-state index < -0.39 is 0 Å². The molecule has 0 bridgehead atoms.